The van der Waals surface area contributed by atoms with E-state index < -0.39 is 12.0 Å². The molecule has 0 bridgehead atoms. The first-order chi connectivity index (χ1) is 15.6. The number of rotatable bonds is 8. The standard InChI is InChI=1S/C25H31ClN4O3/c1-6-16(11-18(26)7-2)22(31)25(33)30-19-8-9-20(15(5)10-19)17-12-21(23(27)28-13-17)24(32)29-14(3)4/h6,8-14,22,31H,7H2,1-5H3,(H2,27,28)(H,29,32)(H,30,33)/b16-6+,18-11+. The number of hydrogen-bond acceptors (Lipinski definition) is 5. The molecule has 5 N–H and O–H groups in total. The molecule has 0 radical (unpaired) electrons. The predicted molar refractivity (Wildman–Crippen MR) is 134 cm³/mol. The van der Waals surface area contributed by atoms with Gasteiger partial charge in [-0.3, -0.25) is 9.59 Å². The number of benzene rings is 1. The lowest BCUT2D eigenvalue weighted by Crippen LogP contribution is -2.30. The number of nitrogen functional groups attached to an aromatic ring is 1. The Labute approximate surface area is 199 Å². The van der Waals surface area contributed by atoms with Crippen LogP contribution < -0.4 is 16.4 Å². The van der Waals surface area contributed by atoms with Crippen LogP contribution in [-0.4, -0.2) is 34.1 Å². The summed E-state index contributed by atoms with van der Waals surface area (Å²) in [6, 6.07) is 7.00. The van der Waals surface area contributed by atoms with Gasteiger partial charge in [-0.25, -0.2) is 4.98 Å². The van der Waals surface area contributed by atoms with Gasteiger partial charge in [0.25, 0.3) is 11.8 Å². The minimum atomic E-state index is -1.35. The molecule has 0 fully saturated rings. The molecular formula is C25H31ClN4O3. The Bertz CT molecular complexity index is 1090. The Balaban J connectivity index is 2.25. The summed E-state index contributed by atoms with van der Waals surface area (Å²) >= 11 is 6.05. The van der Waals surface area contributed by atoms with Gasteiger partial charge in [-0.15, -0.1) is 0 Å². The Hall–Kier alpha value is -3.16. The van der Waals surface area contributed by atoms with Crippen molar-refractivity contribution in [2.75, 3.05) is 11.1 Å². The van der Waals surface area contributed by atoms with E-state index in [1.54, 1.807) is 43.5 Å². The summed E-state index contributed by atoms with van der Waals surface area (Å²) < 4.78 is 0. The van der Waals surface area contributed by atoms with E-state index >= 15 is 0 Å². The summed E-state index contributed by atoms with van der Waals surface area (Å²) in [6.45, 7) is 9.24. The minimum absolute atomic E-state index is 0.0305. The predicted octanol–water partition coefficient (Wildman–Crippen LogP) is 4.56. The highest BCUT2D eigenvalue weighted by Gasteiger charge is 2.19. The highest BCUT2D eigenvalue weighted by atomic mass is 35.5. The molecule has 1 aromatic heterocycles. The SMILES string of the molecule is C/C=C(\C=C(\Cl)CC)C(O)C(=O)Nc1ccc(-c2cnc(N)c(C(=O)NC(C)C)c2)c(C)c1. The largest absolute Gasteiger partial charge is 0.383 e. The summed E-state index contributed by atoms with van der Waals surface area (Å²) in [5, 5.41) is 16.5. The maximum Gasteiger partial charge on any atom is 0.257 e. The average Bonchev–Trinajstić information content (AvgIpc) is 2.76. The van der Waals surface area contributed by atoms with Crippen molar-refractivity contribution in [1.82, 2.24) is 10.3 Å². The number of aliphatic hydroxyl groups excluding tert-OH is 1. The molecule has 7 nitrogen and oxygen atoms in total. The third kappa shape index (κ3) is 6.91. The molecule has 0 aliphatic carbocycles. The number of amides is 2. The first-order valence-electron chi connectivity index (χ1n) is 10.8. The van der Waals surface area contributed by atoms with E-state index in [-0.39, 0.29) is 17.8 Å². The van der Waals surface area contributed by atoms with Gasteiger partial charge in [0.05, 0.1) is 5.56 Å². The van der Waals surface area contributed by atoms with Crippen molar-refractivity contribution in [2.45, 2.75) is 53.2 Å². The summed E-state index contributed by atoms with van der Waals surface area (Å²) in [6.07, 6.45) is 4.11. The van der Waals surface area contributed by atoms with Crippen LogP contribution in [0.1, 0.15) is 50.0 Å². The number of aromatic nitrogens is 1. The number of nitrogens with zero attached hydrogens (tertiary/aromatic N) is 1. The number of allylic oxidation sites excluding steroid dienone is 2. The summed E-state index contributed by atoms with van der Waals surface area (Å²) in [4.78, 5) is 29.2. The first-order valence-corrected chi connectivity index (χ1v) is 11.1. The third-order valence-electron chi connectivity index (χ3n) is 4.95. The number of aryl methyl sites for hydroxylation is 1. The van der Waals surface area contributed by atoms with Crippen molar-refractivity contribution < 1.29 is 14.7 Å². The monoisotopic (exact) mass is 470 g/mol. The first kappa shape index (κ1) is 26.1. The fourth-order valence-corrected chi connectivity index (χ4v) is 3.30. The molecule has 2 rings (SSSR count). The van der Waals surface area contributed by atoms with Crippen molar-refractivity contribution in [1.29, 1.82) is 0 Å². The van der Waals surface area contributed by atoms with E-state index in [0.29, 0.717) is 28.3 Å². The van der Waals surface area contributed by atoms with E-state index in [1.807, 2.05) is 33.8 Å². The van der Waals surface area contributed by atoms with Gasteiger partial charge in [0.1, 0.15) is 5.82 Å². The van der Waals surface area contributed by atoms with Gasteiger partial charge in [-0.1, -0.05) is 30.7 Å². The number of nitrogens with one attached hydrogen (secondary N) is 2. The summed E-state index contributed by atoms with van der Waals surface area (Å²) in [7, 11) is 0. The number of nitrogens with two attached hydrogens (primary N) is 1. The van der Waals surface area contributed by atoms with E-state index in [2.05, 4.69) is 15.6 Å². The number of aliphatic hydroxyl groups is 1. The van der Waals surface area contributed by atoms with Crippen molar-refractivity contribution in [3.63, 3.8) is 0 Å². The lowest BCUT2D eigenvalue weighted by atomic mass is 9.99. The third-order valence-corrected chi connectivity index (χ3v) is 5.32. The number of pyridine rings is 1. The van der Waals surface area contributed by atoms with Crippen LogP contribution in [0.15, 0.2) is 53.2 Å². The van der Waals surface area contributed by atoms with Crippen LogP contribution in [0.4, 0.5) is 11.5 Å². The molecule has 33 heavy (non-hydrogen) atoms. The molecule has 0 spiro atoms. The molecule has 2 aromatic rings. The number of anilines is 2. The smallest absolute Gasteiger partial charge is 0.257 e. The normalized spacial score (nSPS) is 13.1. The highest BCUT2D eigenvalue weighted by Crippen LogP contribution is 2.28. The molecule has 1 atom stereocenters. The summed E-state index contributed by atoms with van der Waals surface area (Å²) in [5.74, 6) is -0.692. The number of carbonyl (C=O) groups is 2. The molecule has 176 valence electrons. The average molecular weight is 471 g/mol. The molecule has 1 heterocycles. The van der Waals surface area contributed by atoms with Crippen molar-refractivity contribution in [3.05, 3.63) is 64.3 Å². The quantitative estimate of drug-likeness (QED) is 0.422. The second-order valence-electron chi connectivity index (χ2n) is 7.94. The van der Waals surface area contributed by atoms with Gasteiger partial charge in [0.15, 0.2) is 6.10 Å². The van der Waals surface area contributed by atoms with Crippen molar-refractivity contribution in [2.24, 2.45) is 0 Å². The molecule has 1 aromatic carbocycles. The van der Waals surface area contributed by atoms with Crippen LogP contribution in [0.5, 0.6) is 0 Å². The second-order valence-corrected chi connectivity index (χ2v) is 8.43. The van der Waals surface area contributed by atoms with Crippen LogP contribution >= 0.6 is 11.6 Å². The molecule has 8 heteroatoms. The fourth-order valence-electron chi connectivity index (χ4n) is 3.17. The second kappa shape index (κ2) is 11.6. The van der Waals surface area contributed by atoms with Crippen molar-refractivity contribution in [3.8, 4) is 11.1 Å². The molecule has 0 saturated heterocycles. The Morgan fingerprint density at radius 1 is 1.27 bits per heavy atom. The van der Waals surface area contributed by atoms with Gasteiger partial charge < -0.3 is 21.5 Å². The zero-order valence-corrected chi connectivity index (χ0v) is 20.3. The fraction of sp³-hybridized carbons (Fsp3) is 0.320. The van der Waals surface area contributed by atoms with Crippen LogP contribution in [0.25, 0.3) is 11.1 Å². The van der Waals surface area contributed by atoms with Crippen LogP contribution in [0.2, 0.25) is 0 Å². The number of carbonyl (C=O) groups excluding carboxylic acids is 2. The molecule has 1 unspecified atom stereocenters. The van der Waals surface area contributed by atoms with Gasteiger partial charge in [-0.2, -0.15) is 0 Å². The Morgan fingerprint density at radius 2 is 1.97 bits per heavy atom. The molecule has 0 aliphatic rings. The van der Waals surface area contributed by atoms with E-state index in [0.717, 1.165) is 16.7 Å². The van der Waals surface area contributed by atoms with Crippen LogP contribution in [0, 0.1) is 6.92 Å². The number of halogens is 1. The van der Waals surface area contributed by atoms with Gasteiger partial charge >= 0.3 is 0 Å². The number of hydrogen-bond donors (Lipinski definition) is 4. The molecule has 0 saturated carbocycles. The molecule has 0 aliphatic heterocycles. The van der Waals surface area contributed by atoms with Crippen molar-refractivity contribution >= 4 is 34.9 Å². The van der Waals surface area contributed by atoms with E-state index in [1.165, 1.54) is 0 Å². The lowest BCUT2D eigenvalue weighted by Gasteiger charge is -2.15. The van der Waals surface area contributed by atoms with E-state index in [9.17, 15) is 14.7 Å². The summed E-state index contributed by atoms with van der Waals surface area (Å²) in [5.41, 5.74) is 9.58. The topological polar surface area (TPSA) is 117 Å². The van der Waals surface area contributed by atoms with Gasteiger partial charge in [0, 0.05) is 28.5 Å². The Kier molecular flexibility index (Phi) is 9.20. The Morgan fingerprint density at radius 3 is 2.55 bits per heavy atom. The van der Waals surface area contributed by atoms with E-state index in [4.69, 9.17) is 17.3 Å². The lowest BCUT2D eigenvalue weighted by molar-refractivity contribution is -0.122. The molecule has 2 amide bonds. The maximum atomic E-state index is 12.6. The zero-order valence-electron chi connectivity index (χ0n) is 19.6. The highest BCUT2D eigenvalue weighted by molar-refractivity contribution is 6.29. The van der Waals surface area contributed by atoms with Crippen LogP contribution in [0.3, 0.4) is 0 Å². The van der Waals surface area contributed by atoms with Crippen LogP contribution in [-0.2, 0) is 4.79 Å². The van der Waals surface area contributed by atoms with Gasteiger partial charge in [-0.05, 0) is 75.1 Å². The minimum Gasteiger partial charge on any atom is -0.383 e. The maximum absolute atomic E-state index is 12.6. The zero-order chi connectivity index (χ0) is 24.7. The molecular weight excluding hydrogens is 440 g/mol. The van der Waals surface area contributed by atoms with Gasteiger partial charge in [0.2, 0.25) is 0 Å².